The van der Waals surface area contributed by atoms with Gasteiger partial charge < -0.3 is 10.1 Å². The second-order valence-electron chi connectivity index (χ2n) is 5.56. The van der Waals surface area contributed by atoms with Crippen LogP contribution in [0.4, 0.5) is 4.79 Å². The first-order valence-corrected chi connectivity index (χ1v) is 7.40. The summed E-state index contributed by atoms with van der Waals surface area (Å²) in [5.41, 5.74) is 1.13. The van der Waals surface area contributed by atoms with E-state index in [0.29, 0.717) is 12.5 Å². The molecule has 0 aromatic heterocycles. The average Bonchev–Trinajstić information content (AvgIpc) is 2.94. The van der Waals surface area contributed by atoms with Crippen LogP contribution < -0.4 is 10.6 Å². The maximum absolute atomic E-state index is 11.6. The first kappa shape index (κ1) is 14.4. The SMILES string of the molecule is CC(C)OC(=O)NC1=NC(c2ccc3ccccc3c2)CN1. The van der Waals surface area contributed by atoms with Crippen LogP contribution in [0, 0.1) is 0 Å². The first-order valence-electron chi connectivity index (χ1n) is 7.40. The number of hydrogen-bond donors (Lipinski definition) is 2. The molecule has 1 aliphatic heterocycles. The minimum absolute atomic E-state index is 0.000967. The topological polar surface area (TPSA) is 62.7 Å². The number of ether oxygens (including phenoxy) is 1. The van der Waals surface area contributed by atoms with Crippen molar-refractivity contribution in [2.75, 3.05) is 6.54 Å². The van der Waals surface area contributed by atoms with Gasteiger partial charge in [0.15, 0.2) is 0 Å². The van der Waals surface area contributed by atoms with Crippen molar-refractivity contribution in [2.45, 2.75) is 26.0 Å². The highest BCUT2D eigenvalue weighted by molar-refractivity contribution is 5.95. The van der Waals surface area contributed by atoms with E-state index in [1.807, 2.05) is 12.1 Å². The van der Waals surface area contributed by atoms with Crippen molar-refractivity contribution in [3.63, 3.8) is 0 Å². The minimum atomic E-state index is -0.486. The van der Waals surface area contributed by atoms with E-state index in [2.05, 4.69) is 46.0 Å². The summed E-state index contributed by atoms with van der Waals surface area (Å²) >= 11 is 0. The van der Waals surface area contributed by atoms with E-state index in [1.165, 1.54) is 10.8 Å². The molecule has 1 atom stereocenters. The largest absolute Gasteiger partial charge is 0.447 e. The van der Waals surface area contributed by atoms with Crippen molar-refractivity contribution in [1.29, 1.82) is 0 Å². The van der Waals surface area contributed by atoms with Gasteiger partial charge in [0.05, 0.1) is 12.1 Å². The maximum atomic E-state index is 11.6. The third-order valence-electron chi connectivity index (χ3n) is 3.47. The predicted octanol–water partition coefficient (Wildman–Crippen LogP) is 2.97. The van der Waals surface area contributed by atoms with Crippen molar-refractivity contribution in [2.24, 2.45) is 4.99 Å². The molecular weight excluding hydrogens is 278 g/mol. The van der Waals surface area contributed by atoms with Crippen LogP contribution >= 0.6 is 0 Å². The Hall–Kier alpha value is -2.56. The zero-order valence-electron chi connectivity index (χ0n) is 12.7. The molecule has 0 radical (unpaired) electrons. The number of nitrogens with one attached hydrogen (secondary N) is 2. The molecule has 5 heteroatoms. The van der Waals surface area contributed by atoms with Crippen LogP contribution in [-0.2, 0) is 4.74 Å². The summed E-state index contributed by atoms with van der Waals surface area (Å²) in [6.45, 7) is 4.28. The highest BCUT2D eigenvalue weighted by Crippen LogP contribution is 2.24. The molecule has 1 unspecified atom stereocenters. The molecule has 1 heterocycles. The standard InChI is InChI=1S/C17H19N3O2/c1-11(2)22-17(21)20-16-18-10-15(19-16)14-8-7-12-5-3-4-6-13(12)9-14/h3-9,11,15H,10H2,1-2H3,(H2,18,19,20,21). The van der Waals surface area contributed by atoms with E-state index in [0.717, 1.165) is 5.56 Å². The van der Waals surface area contributed by atoms with Gasteiger partial charge in [-0.1, -0.05) is 36.4 Å². The summed E-state index contributed by atoms with van der Waals surface area (Å²) < 4.78 is 5.04. The fourth-order valence-corrected chi connectivity index (χ4v) is 2.46. The summed E-state index contributed by atoms with van der Waals surface area (Å²) in [7, 11) is 0. The van der Waals surface area contributed by atoms with Crippen molar-refractivity contribution in [1.82, 2.24) is 10.6 Å². The van der Waals surface area contributed by atoms with Gasteiger partial charge in [-0.05, 0) is 36.2 Å². The van der Waals surface area contributed by atoms with Crippen LogP contribution in [-0.4, -0.2) is 24.7 Å². The van der Waals surface area contributed by atoms with Crippen molar-refractivity contribution in [3.8, 4) is 0 Å². The molecule has 114 valence electrons. The fourth-order valence-electron chi connectivity index (χ4n) is 2.46. The van der Waals surface area contributed by atoms with Crippen molar-refractivity contribution >= 4 is 22.8 Å². The second-order valence-corrected chi connectivity index (χ2v) is 5.56. The molecule has 1 aliphatic rings. The van der Waals surface area contributed by atoms with Gasteiger partial charge in [-0.15, -0.1) is 0 Å². The quantitative estimate of drug-likeness (QED) is 0.895. The number of benzene rings is 2. The molecule has 0 aliphatic carbocycles. The number of carbonyl (C=O) groups is 1. The fraction of sp³-hybridized carbons (Fsp3) is 0.294. The zero-order chi connectivity index (χ0) is 15.5. The number of aliphatic imine (C=N–C) groups is 1. The summed E-state index contributed by atoms with van der Waals surface area (Å²) in [5, 5.41) is 8.12. The lowest BCUT2D eigenvalue weighted by molar-refractivity contribution is 0.120. The lowest BCUT2D eigenvalue weighted by atomic mass is 10.0. The van der Waals surface area contributed by atoms with Gasteiger partial charge in [0.2, 0.25) is 5.96 Å². The molecular formula is C17H19N3O2. The van der Waals surface area contributed by atoms with E-state index in [1.54, 1.807) is 13.8 Å². The monoisotopic (exact) mass is 297 g/mol. The van der Waals surface area contributed by atoms with Crippen molar-refractivity contribution in [3.05, 3.63) is 48.0 Å². The molecule has 1 amide bonds. The number of fused-ring (bicyclic) bond motifs is 1. The van der Waals surface area contributed by atoms with E-state index in [-0.39, 0.29) is 12.1 Å². The maximum Gasteiger partial charge on any atom is 0.414 e. The predicted molar refractivity (Wildman–Crippen MR) is 86.9 cm³/mol. The third-order valence-corrected chi connectivity index (χ3v) is 3.47. The molecule has 3 rings (SSSR count). The molecule has 0 bridgehead atoms. The van der Waals surface area contributed by atoms with Gasteiger partial charge in [0.1, 0.15) is 0 Å². The van der Waals surface area contributed by atoms with Gasteiger partial charge in [-0.25, -0.2) is 9.79 Å². The minimum Gasteiger partial charge on any atom is -0.447 e. The molecule has 0 saturated heterocycles. The highest BCUT2D eigenvalue weighted by Gasteiger charge is 2.20. The lowest BCUT2D eigenvalue weighted by Crippen LogP contribution is -2.39. The second kappa shape index (κ2) is 6.05. The average molecular weight is 297 g/mol. The summed E-state index contributed by atoms with van der Waals surface area (Å²) in [6.07, 6.45) is -0.640. The Morgan fingerprint density at radius 2 is 2.05 bits per heavy atom. The molecule has 0 spiro atoms. The van der Waals surface area contributed by atoms with Gasteiger partial charge >= 0.3 is 6.09 Å². The molecule has 22 heavy (non-hydrogen) atoms. The molecule has 2 aromatic carbocycles. The third kappa shape index (κ3) is 3.19. The van der Waals surface area contributed by atoms with E-state index in [9.17, 15) is 4.79 Å². The molecule has 5 nitrogen and oxygen atoms in total. The van der Waals surface area contributed by atoms with E-state index in [4.69, 9.17) is 4.74 Å². The Morgan fingerprint density at radius 1 is 1.27 bits per heavy atom. The zero-order valence-corrected chi connectivity index (χ0v) is 12.7. The smallest absolute Gasteiger partial charge is 0.414 e. The van der Waals surface area contributed by atoms with Gasteiger partial charge in [-0.3, -0.25) is 5.32 Å². The number of carbonyl (C=O) groups excluding carboxylic acids is 1. The van der Waals surface area contributed by atoms with Gasteiger partial charge in [0, 0.05) is 6.54 Å². The molecule has 2 aromatic rings. The van der Waals surface area contributed by atoms with Crippen LogP contribution in [0.3, 0.4) is 0 Å². The van der Waals surface area contributed by atoms with Crippen LogP contribution in [0.2, 0.25) is 0 Å². The van der Waals surface area contributed by atoms with Gasteiger partial charge in [-0.2, -0.15) is 0 Å². The normalized spacial score (nSPS) is 17.2. The first-order chi connectivity index (χ1) is 10.6. The van der Waals surface area contributed by atoms with Crippen LogP contribution in [0.15, 0.2) is 47.5 Å². The molecule has 0 saturated carbocycles. The summed E-state index contributed by atoms with van der Waals surface area (Å²) in [6, 6.07) is 14.5. The van der Waals surface area contributed by atoms with E-state index < -0.39 is 6.09 Å². The number of amides is 1. The van der Waals surface area contributed by atoms with Gasteiger partial charge in [0.25, 0.3) is 0 Å². The molecule has 2 N–H and O–H groups in total. The number of rotatable bonds is 2. The number of alkyl carbamates (subject to hydrolysis) is 1. The van der Waals surface area contributed by atoms with E-state index >= 15 is 0 Å². The number of guanidine groups is 1. The highest BCUT2D eigenvalue weighted by atomic mass is 16.6. The Morgan fingerprint density at radius 3 is 2.82 bits per heavy atom. The summed E-state index contributed by atoms with van der Waals surface area (Å²) in [4.78, 5) is 16.1. The Balaban J connectivity index is 1.73. The van der Waals surface area contributed by atoms with Crippen molar-refractivity contribution < 1.29 is 9.53 Å². The van der Waals surface area contributed by atoms with Crippen LogP contribution in [0.5, 0.6) is 0 Å². The molecule has 0 fully saturated rings. The Labute approximate surface area is 129 Å². The Kier molecular flexibility index (Phi) is 3.96. The lowest BCUT2D eigenvalue weighted by Gasteiger charge is -2.08. The van der Waals surface area contributed by atoms with Crippen LogP contribution in [0.1, 0.15) is 25.5 Å². The van der Waals surface area contributed by atoms with Crippen LogP contribution in [0.25, 0.3) is 10.8 Å². The number of nitrogens with zero attached hydrogens (tertiary/aromatic N) is 1. The summed E-state index contributed by atoms with van der Waals surface area (Å²) in [5.74, 6) is 0.462. The number of hydrogen-bond acceptors (Lipinski definition) is 4. The Bertz CT molecular complexity index is 725.